The summed E-state index contributed by atoms with van der Waals surface area (Å²) in [6, 6.07) is 52.6. The van der Waals surface area contributed by atoms with E-state index in [0.29, 0.717) is 0 Å². The van der Waals surface area contributed by atoms with E-state index >= 15 is 0 Å². The Morgan fingerprint density at radius 1 is 0.175 bits per heavy atom. The molecule has 0 aliphatic rings. The number of hydrogen-bond donors (Lipinski definition) is 0. The van der Waals surface area contributed by atoms with Crippen molar-refractivity contribution in [2.45, 2.75) is 160 Å². The Kier molecular flexibility index (Phi) is 43.7. The van der Waals surface area contributed by atoms with E-state index in [0.717, 1.165) is 77.0 Å². The molecule has 0 saturated heterocycles. The molecule has 0 N–H and O–H groups in total. The summed E-state index contributed by atoms with van der Waals surface area (Å²) in [6.45, 7) is 26.3. The molecule has 0 aliphatic heterocycles. The molecule has 6 rings (SSSR count). The maximum absolute atomic E-state index is 2.28. The zero-order chi connectivity index (χ0) is 44.4. The molecule has 6 aromatic rings. The van der Waals surface area contributed by atoms with Crippen molar-refractivity contribution >= 4 is 71.7 Å². The van der Waals surface area contributed by atoms with Crippen LogP contribution < -0.4 is 0 Å². The van der Waals surface area contributed by atoms with Crippen molar-refractivity contribution in [2.24, 2.45) is 0 Å². The molecule has 63 heavy (non-hydrogen) atoms. The van der Waals surface area contributed by atoms with Gasteiger partial charge >= 0.3 is 0 Å². The normalized spacial score (nSPS) is 9.33. The first kappa shape index (κ1) is 65.0. The summed E-state index contributed by atoms with van der Waals surface area (Å²) in [5.74, 6) is 0. The van der Waals surface area contributed by atoms with Gasteiger partial charge in [0.2, 0.25) is 0 Å². The van der Waals surface area contributed by atoms with Gasteiger partial charge in [0.15, 0.2) is 0 Å². The fourth-order valence-electron chi connectivity index (χ4n) is 6.42. The third kappa shape index (κ3) is 29.8. The molecule has 12 radical (unpaired) electrons. The van der Waals surface area contributed by atoms with E-state index in [4.69, 9.17) is 0 Å². The monoisotopic (exact) mass is 1160 g/mol. The van der Waals surface area contributed by atoms with E-state index in [1.54, 1.807) is 0 Å². The fraction of sp³-hybridized carbons (Fsp3) is 0.400. The van der Waals surface area contributed by atoms with Gasteiger partial charge in [-0.3, -0.25) is 0 Å². The Balaban J connectivity index is -0.000000679. The van der Waals surface area contributed by atoms with Crippen LogP contribution in [0.15, 0.2) is 146 Å². The van der Waals surface area contributed by atoms with E-state index in [2.05, 4.69) is 229 Å². The molecule has 0 saturated carbocycles. The maximum atomic E-state index is 2.28. The van der Waals surface area contributed by atoms with Crippen LogP contribution in [0.2, 0.25) is 0 Å². The molecule has 0 atom stereocenters. The molecule has 0 spiro atoms. The average Bonchev–Trinajstić information content (AvgIpc) is 3.34. The average molecular weight is 1160 g/mol. The Bertz CT molecular complexity index is 1480. The number of rotatable bonds is 12. The van der Waals surface area contributed by atoms with Crippen LogP contribution in [-0.2, 0) is 77.0 Å². The van der Waals surface area contributed by atoms with Crippen molar-refractivity contribution in [1.29, 1.82) is 0 Å². The summed E-state index contributed by atoms with van der Waals surface area (Å²) in [6.07, 6.45) is 13.8. The minimum absolute atomic E-state index is 0. The van der Waals surface area contributed by atoms with Crippen molar-refractivity contribution in [3.63, 3.8) is 0 Å². The van der Waals surface area contributed by atoms with Crippen LogP contribution in [0.25, 0.3) is 0 Å². The Hall–Kier alpha value is -2.28. The summed E-state index contributed by atoms with van der Waals surface area (Å²) < 4.78 is 0. The summed E-state index contributed by atoms with van der Waals surface area (Å²) in [4.78, 5) is 0. The standard InChI is InChI=1S/6C10H14.3Sn/c6*1-3-9-6-5-7-10(4-2)8-9;;;/h6*5-8H,3-4H2,1-2H3;;;. The van der Waals surface area contributed by atoms with Crippen molar-refractivity contribution < 1.29 is 0 Å². The van der Waals surface area contributed by atoms with E-state index in [-0.39, 0.29) is 71.7 Å². The van der Waals surface area contributed by atoms with Gasteiger partial charge < -0.3 is 0 Å². The quantitative estimate of drug-likeness (QED) is 0.107. The topological polar surface area (TPSA) is 0 Å². The minimum atomic E-state index is 0. The van der Waals surface area contributed by atoms with E-state index in [1.807, 2.05) is 0 Å². The zero-order valence-corrected chi connectivity index (χ0v) is 50.4. The SMILES string of the molecule is CCc1cccc(CC)c1.CCc1cccc(CC)c1.CCc1cccc(CC)c1.CCc1cccc(CC)c1.CCc1cccc(CC)c1.CCc1cccc(CC)c1.[Sn].[Sn].[Sn]. The van der Waals surface area contributed by atoms with Crippen molar-refractivity contribution in [3.8, 4) is 0 Å². The third-order valence-corrected chi connectivity index (χ3v) is 10.8. The van der Waals surface area contributed by atoms with Crippen molar-refractivity contribution in [1.82, 2.24) is 0 Å². The first-order valence-electron chi connectivity index (χ1n) is 23.7. The van der Waals surface area contributed by atoms with Gasteiger partial charge in [-0.15, -0.1) is 0 Å². The molecule has 0 aliphatic carbocycles. The Morgan fingerprint density at radius 3 is 0.317 bits per heavy atom. The van der Waals surface area contributed by atoms with Crippen LogP contribution in [0.1, 0.15) is 150 Å². The Morgan fingerprint density at radius 2 is 0.254 bits per heavy atom. The summed E-state index contributed by atoms with van der Waals surface area (Å²) >= 11 is 0. The molecule has 6 aromatic carbocycles. The molecule has 0 fully saturated rings. The number of aryl methyl sites for hydroxylation is 12. The summed E-state index contributed by atoms with van der Waals surface area (Å²) in [7, 11) is 0. The van der Waals surface area contributed by atoms with Crippen LogP contribution >= 0.6 is 0 Å². The van der Waals surface area contributed by atoms with Crippen LogP contribution in [0.5, 0.6) is 0 Å². The molecule has 0 amide bonds. The van der Waals surface area contributed by atoms with Gasteiger partial charge in [-0.05, 0) is 144 Å². The van der Waals surface area contributed by atoms with Gasteiger partial charge in [0.05, 0.1) is 0 Å². The molecule has 0 nitrogen and oxygen atoms in total. The van der Waals surface area contributed by atoms with Crippen molar-refractivity contribution in [2.75, 3.05) is 0 Å². The second kappa shape index (κ2) is 42.4. The fourth-order valence-corrected chi connectivity index (χ4v) is 6.42. The largest absolute Gasteiger partial charge is 0.0617 e. The summed E-state index contributed by atoms with van der Waals surface area (Å²) in [5.41, 5.74) is 17.3. The number of benzene rings is 6. The van der Waals surface area contributed by atoms with Gasteiger partial charge in [0, 0.05) is 71.7 Å². The predicted octanol–water partition coefficient (Wildman–Crippen LogP) is 15.7. The maximum Gasteiger partial charge on any atom is 0 e. The smallest absolute Gasteiger partial charge is 0 e. The first-order chi connectivity index (χ1) is 29.2. The van der Waals surface area contributed by atoms with E-state index in [9.17, 15) is 0 Å². The molecule has 336 valence electrons. The van der Waals surface area contributed by atoms with Crippen LogP contribution in [0, 0.1) is 0 Å². The third-order valence-electron chi connectivity index (χ3n) is 10.8. The van der Waals surface area contributed by atoms with E-state index in [1.165, 1.54) is 66.8 Å². The van der Waals surface area contributed by atoms with Crippen LogP contribution in [0.3, 0.4) is 0 Å². The predicted molar refractivity (Wildman–Crippen MR) is 288 cm³/mol. The van der Waals surface area contributed by atoms with Crippen LogP contribution in [-0.4, -0.2) is 71.7 Å². The van der Waals surface area contributed by atoms with Gasteiger partial charge in [0.1, 0.15) is 0 Å². The second-order valence-corrected chi connectivity index (χ2v) is 15.2. The van der Waals surface area contributed by atoms with Gasteiger partial charge in [-0.25, -0.2) is 0 Å². The second-order valence-electron chi connectivity index (χ2n) is 15.2. The first-order valence-corrected chi connectivity index (χ1v) is 23.7. The van der Waals surface area contributed by atoms with Crippen molar-refractivity contribution in [3.05, 3.63) is 212 Å². The minimum Gasteiger partial charge on any atom is -0.0617 e. The molecule has 3 heteroatoms. The van der Waals surface area contributed by atoms with Gasteiger partial charge in [0.25, 0.3) is 0 Å². The molecule has 0 aromatic heterocycles. The molecule has 0 bridgehead atoms. The number of hydrogen-bond acceptors (Lipinski definition) is 0. The zero-order valence-electron chi connectivity index (χ0n) is 41.8. The van der Waals surface area contributed by atoms with Gasteiger partial charge in [-0.2, -0.15) is 0 Å². The Labute approximate surface area is 440 Å². The molecule has 0 heterocycles. The van der Waals surface area contributed by atoms with E-state index < -0.39 is 0 Å². The molecule has 0 unspecified atom stereocenters. The summed E-state index contributed by atoms with van der Waals surface area (Å²) in [5, 5.41) is 0. The molecular formula is C60H84Sn3. The van der Waals surface area contributed by atoms with Crippen LogP contribution in [0.4, 0.5) is 0 Å². The molecular weight excluding hydrogens is 1080 g/mol. The van der Waals surface area contributed by atoms with Gasteiger partial charge in [-0.1, -0.05) is 229 Å².